The van der Waals surface area contributed by atoms with Crippen molar-refractivity contribution in [2.24, 2.45) is 0 Å². The van der Waals surface area contributed by atoms with Crippen LogP contribution in [0.15, 0.2) is 59.6 Å². The fourth-order valence-corrected chi connectivity index (χ4v) is 5.55. The van der Waals surface area contributed by atoms with E-state index in [4.69, 9.17) is 4.74 Å². The molecule has 0 amide bonds. The van der Waals surface area contributed by atoms with Crippen LogP contribution in [-0.2, 0) is 10.0 Å². The molecule has 0 radical (unpaired) electrons. The van der Waals surface area contributed by atoms with E-state index in [9.17, 15) is 8.42 Å². The van der Waals surface area contributed by atoms with E-state index in [2.05, 4.69) is 25.3 Å². The van der Waals surface area contributed by atoms with Gasteiger partial charge in [-0.05, 0) is 95.8 Å². The fourth-order valence-electron chi connectivity index (χ4n) is 4.09. The smallest absolute Gasteiger partial charge is 0.241 e. The third-order valence-corrected chi connectivity index (χ3v) is 7.54. The number of anilines is 4. The van der Waals surface area contributed by atoms with Crippen molar-refractivity contribution in [1.82, 2.24) is 14.7 Å². The maximum absolute atomic E-state index is 12.7. The van der Waals surface area contributed by atoms with Crippen molar-refractivity contribution < 1.29 is 13.2 Å². The number of ether oxygens (including phenoxy) is 1. The fraction of sp³-hybridized carbons (Fsp3) is 0.407. The summed E-state index contributed by atoms with van der Waals surface area (Å²) in [4.78, 5) is 9.17. The molecule has 192 valence electrons. The molecule has 2 aromatic carbocycles. The summed E-state index contributed by atoms with van der Waals surface area (Å²) in [6.07, 6.45) is 8.04. The monoisotopic (exact) mass is 509 g/mol. The molecule has 4 rings (SSSR count). The molecular formula is C27H35N5O3S. The Balaban J connectivity index is 1.45. The van der Waals surface area contributed by atoms with Crippen LogP contribution >= 0.6 is 0 Å². The molecule has 0 atom stereocenters. The lowest BCUT2D eigenvalue weighted by molar-refractivity contribution is 0.155. The molecule has 0 spiro atoms. The Morgan fingerprint density at radius 3 is 2.36 bits per heavy atom. The Morgan fingerprint density at radius 2 is 1.67 bits per heavy atom. The third kappa shape index (κ3) is 7.18. The van der Waals surface area contributed by atoms with Gasteiger partial charge in [-0.3, -0.25) is 0 Å². The number of nitrogens with one attached hydrogen (secondary N) is 3. The molecule has 9 heteroatoms. The molecule has 1 heterocycles. The maximum atomic E-state index is 12.7. The van der Waals surface area contributed by atoms with Crippen molar-refractivity contribution >= 4 is 33.2 Å². The van der Waals surface area contributed by atoms with Gasteiger partial charge in [-0.1, -0.05) is 12.5 Å². The van der Waals surface area contributed by atoms with Crippen molar-refractivity contribution in [3.63, 3.8) is 0 Å². The lowest BCUT2D eigenvalue weighted by Gasteiger charge is -2.23. The molecule has 0 unspecified atom stereocenters. The van der Waals surface area contributed by atoms with Gasteiger partial charge in [0.15, 0.2) is 0 Å². The van der Waals surface area contributed by atoms with Crippen molar-refractivity contribution in [3.05, 3.63) is 60.3 Å². The summed E-state index contributed by atoms with van der Waals surface area (Å²) in [5, 5.41) is 6.45. The number of hydrogen-bond donors (Lipinski definition) is 3. The Kier molecular flexibility index (Phi) is 7.80. The van der Waals surface area contributed by atoms with Crippen LogP contribution in [0.2, 0.25) is 0 Å². The third-order valence-electron chi connectivity index (χ3n) is 5.78. The minimum Gasteiger partial charge on any atom is -0.490 e. The number of rotatable bonds is 8. The normalized spacial score (nSPS) is 14.9. The van der Waals surface area contributed by atoms with Crippen LogP contribution in [0.1, 0.15) is 58.4 Å². The van der Waals surface area contributed by atoms with Crippen molar-refractivity contribution in [3.8, 4) is 5.75 Å². The van der Waals surface area contributed by atoms with Crippen LogP contribution in [0.4, 0.5) is 23.1 Å². The van der Waals surface area contributed by atoms with Gasteiger partial charge in [-0.2, -0.15) is 4.98 Å². The van der Waals surface area contributed by atoms with Crippen LogP contribution in [0, 0.1) is 6.92 Å². The highest BCUT2D eigenvalue weighted by Crippen LogP contribution is 2.26. The highest BCUT2D eigenvalue weighted by molar-refractivity contribution is 7.89. The lowest BCUT2D eigenvalue weighted by atomic mass is 9.98. The zero-order valence-corrected chi connectivity index (χ0v) is 22.2. The largest absolute Gasteiger partial charge is 0.490 e. The lowest BCUT2D eigenvalue weighted by Crippen LogP contribution is -2.40. The highest BCUT2D eigenvalue weighted by atomic mass is 32.2. The van der Waals surface area contributed by atoms with Crippen LogP contribution in [0.3, 0.4) is 0 Å². The van der Waals surface area contributed by atoms with Gasteiger partial charge in [0.2, 0.25) is 16.0 Å². The highest BCUT2D eigenvalue weighted by Gasteiger charge is 2.22. The Hall–Kier alpha value is -3.17. The molecule has 1 aromatic heterocycles. The molecule has 3 N–H and O–H groups in total. The van der Waals surface area contributed by atoms with Crippen LogP contribution in [-0.4, -0.2) is 30.0 Å². The van der Waals surface area contributed by atoms with Gasteiger partial charge in [-0.15, -0.1) is 0 Å². The zero-order chi connectivity index (χ0) is 25.8. The molecule has 1 aliphatic carbocycles. The molecule has 1 aliphatic rings. The quantitative estimate of drug-likeness (QED) is 0.339. The number of sulfonamides is 1. The predicted octanol–water partition coefficient (Wildman–Crippen LogP) is 6.06. The standard InChI is InChI=1S/C27H35N5O3S/c1-19-18-28-26(30-20-13-15-23(16-14-20)35-22-10-6-5-7-11-22)31-25(19)29-21-9-8-12-24(17-21)36(33,34)32-27(2,3)4/h8-9,12-18,22,32H,5-7,10-11H2,1-4H3,(H2,28,29,30,31). The minimum absolute atomic E-state index is 0.183. The van der Waals surface area contributed by atoms with Gasteiger partial charge in [0.1, 0.15) is 11.6 Å². The second-order valence-electron chi connectivity index (χ2n) is 10.3. The first-order valence-corrected chi connectivity index (χ1v) is 13.8. The van der Waals surface area contributed by atoms with E-state index in [0.29, 0.717) is 23.6 Å². The predicted molar refractivity (Wildman–Crippen MR) is 144 cm³/mol. The molecule has 8 nitrogen and oxygen atoms in total. The van der Waals surface area contributed by atoms with Gasteiger partial charge in [-0.25, -0.2) is 18.1 Å². The summed E-state index contributed by atoms with van der Waals surface area (Å²) in [5.41, 5.74) is 1.72. The van der Waals surface area contributed by atoms with Gasteiger partial charge in [0.25, 0.3) is 0 Å². The van der Waals surface area contributed by atoms with Gasteiger partial charge in [0.05, 0.1) is 11.0 Å². The van der Waals surface area contributed by atoms with Crippen molar-refractivity contribution in [1.29, 1.82) is 0 Å². The van der Waals surface area contributed by atoms with Gasteiger partial charge in [0, 0.05) is 28.7 Å². The summed E-state index contributed by atoms with van der Waals surface area (Å²) in [6, 6.07) is 14.5. The average Bonchev–Trinajstić information content (AvgIpc) is 2.82. The zero-order valence-electron chi connectivity index (χ0n) is 21.3. The Labute approximate surface area is 214 Å². The van der Waals surface area contributed by atoms with Crippen molar-refractivity contribution in [2.75, 3.05) is 10.6 Å². The average molecular weight is 510 g/mol. The first kappa shape index (κ1) is 25.9. The summed E-state index contributed by atoms with van der Waals surface area (Å²) in [6.45, 7) is 7.32. The van der Waals surface area contributed by atoms with Gasteiger partial charge >= 0.3 is 0 Å². The summed E-state index contributed by atoms with van der Waals surface area (Å²) >= 11 is 0. The second-order valence-corrected chi connectivity index (χ2v) is 11.9. The number of nitrogens with zero attached hydrogens (tertiary/aromatic N) is 2. The summed E-state index contributed by atoms with van der Waals surface area (Å²) in [7, 11) is -3.65. The molecule has 0 aliphatic heterocycles. The molecule has 1 fully saturated rings. The number of hydrogen-bond acceptors (Lipinski definition) is 7. The first-order valence-electron chi connectivity index (χ1n) is 12.4. The summed E-state index contributed by atoms with van der Waals surface area (Å²) < 4.78 is 34.2. The molecule has 36 heavy (non-hydrogen) atoms. The molecule has 0 bridgehead atoms. The minimum atomic E-state index is -3.65. The molecule has 1 saturated carbocycles. The Bertz CT molecular complexity index is 1280. The van der Waals surface area contributed by atoms with E-state index in [1.807, 2.05) is 52.0 Å². The second kappa shape index (κ2) is 10.8. The van der Waals surface area contributed by atoms with Crippen molar-refractivity contribution in [2.45, 2.75) is 76.3 Å². The first-order chi connectivity index (χ1) is 17.1. The van der Waals surface area contributed by atoms with E-state index in [1.165, 1.54) is 19.3 Å². The van der Waals surface area contributed by atoms with Crippen LogP contribution < -0.4 is 20.1 Å². The number of aromatic nitrogens is 2. The number of benzene rings is 2. The molecule has 3 aromatic rings. The molecule has 0 saturated heterocycles. The SMILES string of the molecule is Cc1cnc(Nc2ccc(OC3CCCCC3)cc2)nc1Nc1cccc(S(=O)(=O)NC(C)(C)C)c1. The van der Waals surface area contributed by atoms with E-state index in [-0.39, 0.29) is 4.90 Å². The van der Waals surface area contributed by atoms with Gasteiger partial charge < -0.3 is 15.4 Å². The molecular weight excluding hydrogens is 474 g/mol. The number of aryl methyl sites for hydroxylation is 1. The topological polar surface area (TPSA) is 105 Å². The summed E-state index contributed by atoms with van der Waals surface area (Å²) in [5.74, 6) is 1.89. The van der Waals surface area contributed by atoms with E-state index >= 15 is 0 Å². The van der Waals surface area contributed by atoms with E-state index in [1.54, 1.807) is 30.5 Å². The van der Waals surface area contributed by atoms with Crippen LogP contribution in [0.5, 0.6) is 5.75 Å². The maximum Gasteiger partial charge on any atom is 0.241 e. The van der Waals surface area contributed by atoms with Crippen LogP contribution in [0.25, 0.3) is 0 Å². The van der Waals surface area contributed by atoms with E-state index < -0.39 is 15.6 Å². The Morgan fingerprint density at radius 1 is 0.944 bits per heavy atom. The van der Waals surface area contributed by atoms with E-state index in [0.717, 1.165) is 29.8 Å².